The number of nitrogens with zero attached hydrogens (tertiary/aromatic N) is 3. The number of hydrogen-bond acceptors (Lipinski definition) is 3. The van der Waals surface area contributed by atoms with Gasteiger partial charge in [-0.3, -0.25) is 0 Å². The molecule has 10 aromatic carbocycles. The van der Waals surface area contributed by atoms with Gasteiger partial charge in [0.25, 0.3) is 0 Å². The monoisotopic (exact) mass is 779 g/mol. The molecule has 2 aromatic heterocycles. The van der Waals surface area contributed by atoms with Gasteiger partial charge in [0.05, 0.1) is 11.0 Å². The Morgan fingerprint density at radius 3 is 1.74 bits per heavy atom. The summed E-state index contributed by atoms with van der Waals surface area (Å²) < 4.78 is 8.80. The van der Waals surface area contributed by atoms with Crippen molar-refractivity contribution in [3.05, 3.63) is 224 Å². The van der Waals surface area contributed by atoms with E-state index < -0.39 is 0 Å². The lowest BCUT2D eigenvalue weighted by Gasteiger charge is -2.26. The molecule has 61 heavy (non-hydrogen) atoms. The highest BCUT2D eigenvalue weighted by molar-refractivity contribution is 6.12. The number of fused-ring (bicyclic) bond motifs is 7. The summed E-state index contributed by atoms with van der Waals surface area (Å²) in [5.74, 6) is 0.624. The predicted molar refractivity (Wildman–Crippen MR) is 254 cm³/mol. The van der Waals surface area contributed by atoms with Crippen LogP contribution in [0.2, 0.25) is 0 Å². The minimum absolute atomic E-state index is 0.624. The number of oxazole rings is 1. The number of rotatable bonds is 7. The molecule has 4 heteroatoms. The third-order valence-electron chi connectivity index (χ3n) is 12.0. The molecule has 286 valence electrons. The molecular weight excluding hydrogens is 743 g/mol. The molecule has 0 bridgehead atoms. The Kier molecular flexibility index (Phi) is 8.13. The SMILES string of the molecule is c1ccc(-c2nc3c(cc(-c4ccc(N(c5ccc(-c6ccc7ccccc7c6)cc5)c5ccc6c(c5)c5ccccc5n6-c5ccccc5)cc4)c4ccccc43)o2)cc1. The van der Waals surface area contributed by atoms with Crippen molar-refractivity contribution >= 4 is 71.5 Å². The van der Waals surface area contributed by atoms with Crippen LogP contribution >= 0.6 is 0 Å². The molecule has 0 saturated carbocycles. The summed E-state index contributed by atoms with van der Waals surface area (Å²) in [4.78, 5) is 7.34. The van der Waals surface area contributed by atoms with Crippen LogP contribution in [-0.4, -0.2) is 9.55 Å². The van der Waals surface area contributed by atoms with Gasteiger partial charge < -0.3 is 13.9 Å². The first-order valence-corrected chi connectivity index (χ1v) is 20.7. The van der Waals surface area contributed by atoms with Crippen LogP contribution in [0.1, 0.15) is 0 Å². The lowest BCUT2D eigenvalue weighted by atomic mass is 9.97. The summed E-state index contributed by atoms with van der Waals surface area (Å²) in [5, 5.41) is 7.11. The van der Waals surface area contributed by atoms with Gasteiger partial charge in [0.15, 0.2) is 5.58 Å². The van der Waals surface area contributed by atoms with Crippen molar-refractivity contribution in [1.29, 1.82) is 0 Å². The maximum atomic E-state index is 6.44. The number of anilines is 3. The summed E-state index contributed by atoms with van der Waals surface area (Å²) >= 11 is 0. The van der Waals surface area contributed by atoms with Crippen LogP contribution in [0.4, 0.5) is 17.1 Å². The maximum Gasteiger partial charge on any atom is 0.227 e. The molecule has 0 aliphatic rings. The zero-order chi connectivity index (χ0) is 40.3. The highest BCUT2D eigenvalue weighted by Crippen LogP contribution is 2.42. The molecule has 0 spiro atoms. The summed E-state index contributed by atoms with van der Waals surface area (Å²) in [6.07, 6.45) is 0. The Labute approximate surface area is 352 Å². The maximum absolute atomic E-state index is 6.44. The molecule has 0 radical (unpaired) electrons. The Bertz CT molecular complexity index is 3570. The smallest absolute Gasteiger partial charge is 0.227 e. The van der Waals surface area contributed by atoms with Gasteiger partial charge in [0.1, 0.15) is 5.52 Å². The minimum Gasteiger partial charge on any atom is -0.436 e. The molecule has 0 aliphatic heterocycles. The van der Waals surface area contributed by atoms with Gasteiger partial charge in [0.2, 0.25) is 5.89 Å². The van der Waals surface area contributed by atoms with E-state index in [2.05, 4.69) is 204 Å². The Morgan fingerprint density at radius 1 is 0.377 bits per heavy atom. The fourth-order valence-electron chi connectivity index (χ4n) is 9.06. The fraction of sp³-hybridized carbons (Fsp3) is 0. The standard InChI is InChI=1S/C57H37N3O/c1-3-14-41(15-4-1)57-58-56-50-21-10-9-19-48(50)51(37-55(56)61-57)40-27-31-46(32-28-40)59(45-29-25-39(26-30-45)43-24-23-38-13-7-8-16-42(38)35-43)47-33-34-54-52(36-47)49-20-11-12-22-53(49)60(54)44-17-5-2-6-18-44/h1-37H. The summed E-state index contributed by atoms with van der Waals surface area (Å²) in [5.41, 5.74) is 13.9. The average Bonchev–Trinajstić information content (AvgIpc) is 3.92. The first-order valence-electron chi connectivity index (χ1n) is 20.7. The zero-order valence-electron chi connectivity index (χ0n) is 33.1. The highest BCUT2D eigenvalue weighted by Gasteiger charge is 2.19. The van der Waals surface area contributed by atoms with E-state index in [4.69, 9.17) is 9.40 Å². The van der Waals surface area contributed by atoms with Gasteiger partial charge >= 0.3 is 0 Å². The van der Waals surface area contributed by atoms with Crippen molar-refractivity contribution in [2.75, 3.05) is 4.90 Å². The summed E-state index contributed by atoms with van der Waals surface area (Å²) in [6, 6.07) is 80.1. The Morgan fingerprint density at radius 2 is 0.967 bits per heavy atom. The second-order valence-corrected chi connectivity index (χ2v) is 15.6. The van der Waals surface area contributed by atoms with Crippen LogP contribution in [0.3, 0.4) is 0 Å². The van der Waals surface area contributed by atoms with Gasteiger partial charge in [-0.05, 0) is 123 Å². The van der Waals surface area contributed by atoms with Gasteiger partial charge in [-0.2, -0.15) is 0 Å². The lowest BCUT2D eigenvalue weighted by molar-refractivity contribution is 0.620. The number of hydrogen-bond donors (Lipinski definition) is 0. The lowest BCUT2D eigenvalue weighted by Crippen LogP contribution is -2.10. The molecule has 4 nitrogen and oxygen atoms in total. The third kappa shape index (κ3) is 5.96. The molecule has 12 aromatic rings. The quantitative estimate of drug-likeness (QED) is 0.162. The second kappa shape index (κ2) is 14.3. The summed E-state index contributed by atoms with van der Waals surface area (Å²) in [6.45, 7) is 0. The van der Waals surface area contributed by atoms with Gasteiger partial charge in [0, 0.05) is 44.5 Å². The zero-order valence-corrected chi connectivity index (χ0v) is 33.1. The van der Waals surface area contributed by atoms with E-state index in [9.17, 15) is 0 Å². The Hall–Kier alpha value is -8.21. The van der Waals surface area contributed by atoms with Gasteiger partial charge in [-0.15, -0.1) is 0 Å². The molecule has 0 N–H and O–H groups in total. The van der Waals surface area contributed by atoms with Crippen LogP contribution in [0, 0.1) is 0 Å². The van der Waals surface area contributed by atoms with E-state index in [1.807, 2.05) is 30.3 Å². The molecule has 0 unspecified atom stereocenters. The van der Waals surface area contributed by atoms with E-state index in [1.54, 1.807) is 0 Å². The molecule has 0 amide bonds. The van der Waals surface area contributed by atoms with E-state index in [-0.39, 0.29) is 0 Å². The van der Waals surface area contributed by atoms with E-state index >= 15 is 0 Å². The van der Waals surface area contributed by atoms with Gasteiger partial charge in [-0.25, -0.2) is 4.98 Å². The fourth-order valence-corrected chi connectivity index (χ4v) is 9.06. The van der Waals surface area contributed by atoms with E-state index in [0.29, 0.717) is 5.89 Å². The third-order valence-corrected chi connectivity index (χ3v) is 12.0. The van der Waals surface area contributed by atoms with E-state index in [1.165, 1.54) is 43.7 Å². The molecule has 0 aliphatic carbocycles. The number of aromatic nitrogens is 2. The molecule has 0 fully saturated rings. The average molecular weight is 780 g/mol. The highest BCUT2D eigenvalue weighted by atomic mass is 16.3. The van der Waals surface area contributed by atoms with Crippen LogP contribution in [0.15, 0.2) is 229 Å². The van der Waals surface area contributed by atoms with E-state index in [0.717, 1.165) is 61.3 Å². The van der Waals surface area contributed by atoms with Crippen molar-refractivity contribution < 1.29 is 4.42 Å². The molecule has 0 atom stereocenters. The molecule has 12 rings (SSSR count). The topological polar surface area (TPSA) is 34.2 Å². The number of para-hydroxylation sites is 2. The van der Waals surface area contributed by atoms with Crippen molar-refractivity contribution in [2.24, 2.45) is 0 Å². The minimum atomic E-state index is 0.624. The Balaban J connectivity index is 0.995. The van der Waals surface area contributed by atoms with Crippen LogP contribution in [0.5, 0.6) is 0 Å². The first-order chi connectivity index (χ1) is 30.2. The largest absolute Gasteiger partial charge is 0.436 e. The second-order valence-electron chi connectivity index (χ2n) is 15.6. The van der Waals surface area contributed by atoms with Gasteiger partial charge in [-0.1, -0.05) is 140 Å². The van der Waals surface area contributed by atoms with Crippen molar-refractivity contribution in [1.82, 2.24) is 9.55 Å². The van der Waals surface area contributed by atoms with Crippen molar-refractivity contribution in [3.8, 4) is 39.4 Å². The predicted octanol–water partition coefficient (Wildman–Crippen LogP) is 15.7. The van der Waals surface area contributed by atoms with Crippen molar-refractivity contribution in [2.45, 2.75) is 0 Å². The number of benzene rings is 10. The summed E-state index contributed by atoms with van der Waals surface area (Å²) in [7, 11) is 0. The first kappa shape index (κ1) is 34.8. The normalized spacial score (nSPS) is 11.6. The van der Waals surface area contributed by atoms with Crippen molar-refractivity contribution in [3.63, 3.8) is 0 Å². The molecule has 0 saturated heterocycles. The van der Waals surface area contributed by atoms with Crippen LogP contribution in [0.25, 0.3) is 93.8 Å². The molecular formula is C57H37N3O. The van der Waals surface area contributed by atoms with Crippen LogP contribution in [-0.2, 0) is 0 Å². The van der Waals surface area contributed by atoms with Crippen LogP contribution < -0.4 is 4.90 Å². The molecule has 2 heterocycles.